The van der Waals surface area contributed by atoms with Crippen LogP contribution < -0.4 is 0 Å². The average Bonchev–Trinajstić information content (AvgIpc) is 2.39. The summed E-state index contributed by atoms with van der Waals surface area (Å²) < 4.78 is 23.9. The first-order valence-corrected chi connectivity index (χ1v) is 6.45. The molecule has 0 bridgehead atoms. The Kier molecular flexibility index (Phi) is 18.8. The maximum absolute atomic E-state index is 10.2. The lowest BCUT2D eigenvalue weighted by molar-refractivity contribution is -0.143. The van der Waals surface area contributed by atoms with Crippen LogP contribution in [-0.2, 0) is 33.3 Å². The van der Waals surface area contributed by atoms with Gasteiger partial charge in [0.15, 0.2) is 0 Å². The molecule has 0 spiro atoms. The second-order valence-electron chi connectivity index (χ2n) is 3.48. The molecule has 0 aliphatic carbocycles. The van der Waals surface area contributed by atoms with Gasteiger partial charge in [-0.05, 0) is 6.92 Å². The first kappa shape index (κ1) is 21.1. The quantitative estimate of drug-likeness (QED) is 0.435. The molecule has 0 aromatic heterocycles. The lowest BCUT2D eigenvalue weighted by Crippen LogP contribution is -2.10. The van der Waals surface area contributed by atoms with Crippen LogP contribution in [-0.4, -0.2) is 65.3 Å². The van der Waals surface area contributed by atoms with Crippen molar-refractivity contribution in [2.75, 3.05) is 53.4 Å². The summed E-state index contributed by atoms with van der Waals surface area (Å²) in [4.78, 5) is 20.4. The van der Waals surface area contributed by atoms with E-state index < -0.39 is 0 Å². The zero-order chi connectivity index (χ0) is 15.6. The third-order valence-electron chi connectivity index (χ3n) is 1.70. The van der Waals surface area contributed by atoms with E-state index in [4.69, 9.17) is 14.2 Å². The van der Waals surface area contributed by atoms with E-state index >= 15 is 0 Å². The largest absolute Gasteiger partial charge is 0.463 e. The van der Waals surface area contributed by atoms with Gasteiger partial charge in [-0.25, -0.2) is 0 Å². The Balaban J connectivity index is 0. The first-order valence-electron chi connectivity index (χ1n) is 6.45. The molecule has 0 aliphatic rings. The summed E-state index contributed by atoms with van der Waals surface area (Å²) in [6, 6.07) is 0. The molecule has 0 unspecified atom stereocenters. The number of carbonyl (C=O) groups is 2. The number of ether oxygens (including phenoxy) is 5. The summed E-state index contributed by atoms with van der Waals surface area (Å²) in [5.74, 6) is -0.532. The molecule has 120 valence electrons. The molecular formula is C13H26O7. The molecule has 0 rings (SSSR count). The Bertz CT molecular complexity index is 231. The van der Waals surface area contributed by atoms with E-state index in [1.165, 1.54) is 13.8 Å². The van der Waals surface area contributed by atoms with E-state index in [-0.39, 0.29) is 11.9 Å². The van der Waals surface area contributed by atoms with E-state index in [1.54, 1.807) is 7.11 Å². The van der Waals surface area contributed by atoms with Crippen LogP contribution in [0.25, 0.3) is 0 Å². The van der Waals surface area contributed by atoms with Gasteiger partial charge < -0.3 is 23.7 Å². The Morgan fingerprint density at radius 2 is 1.20 bits per heavy atom. The lowest BCUT2D eigenvalue weighted by atomic mass is 10.7. The van der Waals surface area contributed by atoms with Gasteiger partial charge in [-0.2, -0.15) is 0 Å². The molecule has 7 nitrogen and oxygen atoms in total. The fraction of sp³-hybridized carbons (Fsp3) is 0.846. The minimum Gasteiger partial charge on any atom is -0.463 e. The highest BCUT2D eigenvalue weighted by molar-refractivity contribution is 5.66. The molecule has 20 heavy (non-hydrogen) atoms. The van der Waals surface area contributed by atoms with Crippen LogP contribution in [0.15, 0.2) is 0 Å². The third kappa shape index (κ3) is 25.6. The average molecular weight is 294 g/mol. The number of esters is 2. The van der Waals surface area contributed by atoms with Gasteiger partial charge in [0.05, 0.1) is 26.4 Å². The zero-order valence-electron chi connectivity index (χ0n) is 12.8. The van der Waals surface area contributed by atoms with Crippen molar-refractivity contribution in [1.82, 2.24) is 0 Å². The molecule has 7 heteroatoms. The van der Waals surface area contributed by atoms with Gasteiger partial charge in [0.25, 0.3) is 0 Å². The van der Waals surface area contributed by atoms with Crippen LogP contribution in [0.1, 0.15) is 20.8 Å². The van der Waals surface area contributed by atoms with Crippen molar-refractivity contribution >= 4 is 11.9 Å². The second kappa shape index (κ2) is 17.8. The number of rotatable bonds is 10. The van der Waals surface area contributed by atoms with Crippen molar-refractivity contribution in [2.24, 2.45) is 0 Å². The molecule has 0 atom stereocenters. The Labute approximate surface area is 120 Å². The molecular weight excluding hydrogens is 268 g/mol. The van der Waals surface area contributed by atoms with E-state index in [9.17, 15) is 9.59 Å². The molecule has 0 heterocycles. The van der Waals surface area contributed by atoms with Gasteiger partial charge >= 0.3 is 11.9 Å². The second-order valence-corrected chi connectivity index (χ2v) is 3.48. The van der Waals surface area contributed by atoms with Crippen LogP contribution in [0.5, 0.6) is 0 Å². The molecule has 0 radical (unpaired) electrons. The zero-order valence-corrected chi connectivity index (χ0v) is 12.8. The van der Waals surface area contributed by atoms with Gasteiger partial charge in [-0.15, -0.1) is 0 Å². The minimum absolute atomic E-state index is 0.255. The normalized spacial score (nSPS) is 9.40. The fourth-order valence-electron chi connectivity index (χ4n) is 0.877. The van der Waals surface area contributed by atoms with Crippen molar-refractivity contribution in [3.63, 3.8) is 0 Å². The highest BCUT2D eigenvalue weighted by Crippen LogP contribution is 1.79. The first-order chi connectivity index (χ1) is 9.54. The van der Waals surface area contributed by atoms with Crippen molar-refractivity contribution in [1.29, 1.82) is 0 Å². The molecule has 0 saturated heterocycles. The fourth-order valence-corrected chi connectivity index (χ4v) is 0.877. The van der Waals surface area contributed by atoms with Crippen molar-refractivity contribution < 1.29 is 33.3 Å². The van der Waals surface area contributed by atoms with Crippen LogP contribution in [0.3, 0.4) is 0 Å². The van der Waals surface area contributed by atoms with Gasteiger partial charge in [0.2, 0.25) is 0 Å². The van der Waals surface area contributed by atoms with Gasteiger partial charge in [0.1, 0.15) is 13.2 Å². The summed E-state index contributed by atoms with van der Waals surface area (Å²) in [5, 5.41) is 0. The van der Waals surface area contributed by atoms with E-state index in [2.05, 4.69) is 9.47 Å². The third-order valence-corrected chi connectivity index (χ3v) is 1.70. The van der Waals surface area contributed by atoms with Crippen LogP contribution in [0.4, 0.5) is 0 Å². The van der Waals surface area contributed by atoms with Crippen molar-refractivity contribution in [2.45, 2.75) is 20.8 Å². The molecule has 0 amide bonds. The standard InChI is InChI=1S/C7H14O4.C6H12O3/c1-7(8)11-6-5-10-4-3-9-2;1-3-8-4-5-9-6(2)7/h3-6H2,1-2H3;3-5H2,1-2H3. The minimum atomic E-state index is -0.277. The number of hydrogen-bond donors (Lipinski definition) is 0. The van der Waals surface area contributed by atoms with Crippen LogP contribution in [0, 0.1) is 0 Å². The maximum atomic E-state index is 10.2. The van der Waals surface area contributed by atoms with Gasteiger partial charge in [0, 0.05) is 27.6 Å². The molecule has 0 aromatic carbocycles. The van der Waals surface area contributed by atoms with E-state index in [0.717, 1.165) is 0 Å². The monoisotopic (exact) mass is 294 g/mol. The number of methoxy groups -OCH3 is 1. The Morgan fingerprint density at radius 1 is 0.750 bits per heavy atom. The molecule has 0 saturated carbocycles. The molecule has 0 fully saturated rings. The smallest absolute Gasteiger partial charge is 0.302 e. The summed E-state index contributed by atoms with van der Waals surface area (Å²) in [6.45, 7) is 8.04. The summed E-state index contributed by atoms with van der Waals surface area (Å²) in [6.07, 6.45) is 0. The summed E-state index contributed by atoms with van der Waals surface area (Å²) in [7, 11) is 1.61. The SMILES string of the molecule is CCOCCOC(C)=O.COCCOCCOC(C)=O. The van der Waals surface area contributed by atoms with Crippen molar-refractivity contribution in [3.8, 4) is 0 Å². The number of hydrogen-bond acceptors (Lipinski definition) is 7. The van der Waals surface area contributed by atoms with Gasteiger partial charge in [-0.1, -0.05) is 0 Å². The van der Waals surface area contributed by atoms with Crippen LogP contribution >= 0.6 is 0 Å². The predicted octanol–water partition coefficient (Wildman–Crippen LogP) is 0.798. The van der Waals surface area contributed by atoms with Gasteiger partial charge in [-0.3, -0.25) is 9.59 Å². The maximum Gasteiger partial charge on any atom is 0.302 e. The predicted molar refractivity (Wildman–Crippen MR) is 72.5 cm³/mol. The lowest BCUT2D eigenvalue weighted by Gasteiger charge is -2.02. The summed E-state index contributed by atoms with van der Waals surface area (Å²) >= 11 is 0. The van der Waals surface area contributed by atoms with Crippen LogP contribution in [0.2, 0.25) is 0 Å². The summed E-state index contributed by atoms with van der Waals surface area (Å²) in [5.41, 5.74) is 0. The van der Waals surface area contributed by atoms with Crippen molar-refractivity contribution in [3.05, 3.63) is 0 Å². The molecule has 0 N–H and O–H groups in total. The molecule has 0 aromatic rings. The number of carbonyl (C=O) groups excluding carboxylic acids is 2. The highest BCUT2D eigenvalue weighted by atomic mass is 16.6. The Hall–Kier alpha value is -1.18. The topological polar surface area (TPSA) is 80.3 Å². The highest BCUT2D eigenvalue weighted by Gasteiger charge is 1.91. The Morgan fingerprint density at radius 3 is 1.60 bits per heavy atom. The van der Waals surface area contributed by atoms with E-state index in [0.29, 0.717) is 46.2 Å². The molecule has 0 aliphatic heterocycles. The van der Waals surface area contributed by atoms with E-state index in [1.807, 2.05) is 6.92 Å².